The zero-order valence-electron chi connectivity index (χ0n) is 13.5. The molecule has 0 bridgehead atoms. The molecule has 2 aromatic rings. The Hall–Kier alpha value is -2.44. The minimum atomic E-state index is -0.198. The molecule has 128 valence electrons. The number of nitrogens with one attached hydrogen (secondary N) is 3. The van der Waals surface area contributed by atoms with Crippen molar-refractivity contribution in [2.75, 3.05) is 24.6 Å². The van der Waals surface area contributed by atoms with Gasteiger partial charge in [-0.3, -0.25) is 10.1 Å². The summed E-state index contributed by atoms with van der Waals surface area (Å²) in [6.45, 7) is 2.94. The van der Waals surface area contributed by atoms with Crippen molar-refractivity contribution in [3.8, 4) is 0 Å². The number of morpholine rings is 1. The van der Waals surface area contributed by atoms with Gasteiger partial charge in [-0.25, -0.2) is 0 Å². The van der Waals surface area contributed by atoms with Crippen molar-refractivity contribution in [3.63, 3.8) is 0 Å². The number of carbonyl (C=O) groups is 1. The standard InChI is InChI=1S/C18H18N4O2S/c23-18-17-14(5-6-20-17)22(16(11-25)21-18)10-12-3-1-2-4-13(12)15-9-19-7-8-24-15/h1-6,15,19-20H,7-10H2,(H,21,23)/t15-/m1/s1. The van der Waals surface area contributed by atoms with Gasteiger partial charge in [0.2, 0.25) is 0 Å². The first-order valence-corrected chi connectivity index (χ1v) is 8.60. The molecule has 0 aliphatic carbocycles. The van der Waals surface area contributed by atoms with Crippen molar-refractivity contribution in [2.45, 2.75) is 12.6 Å². The Morgan fingerprint density at radius 1 is 1.32 bits per heavy atom. The van der Waals surface area contributed by atoms with E-state index in [1.807, 2.05) is 23.1 Å². The number of benzene rings is 1. The lowest BCUT2D eigenvalue weighted by Gasteiger charge is -2.32. The summed E-state index contributed by atoms with van der Waals surface area (Å²) in [6, 6.07) is 10.1. The topological polar surface area (TPSA) is 69.4 Å². The minimum absolute atomic E-state index is 0.0231. The fraction of sp³-hybridized carbons (Fsp3) is 0.278. The molecule has 1 aromatic heterocycles. The highest BCUT2D eigenvalue weighted by molar-refractivity contribution is 7.78. The summed E-state index contributed by atoms with van der Waals surface area (Å²) >= 11 is 4.99. The van der Waals surface area contributed by atoms with E-state index in [9.17, 15) is 4.79 Å². The number of carbonyl (C=O) groups excluding carboxylic acids is 1. The van der Waals surface area contributed by atoms with Gasteiger partial charge < -0.3 is 19.9 Å². The van der Waals surface area contributed by atoms with Crippen molar-refractivity contribution >= 4 is 28.8 Å². The SMILES string of the molecule is O=C1NC(=C=S)N(Cc2ccccc2[C@H]2CNCCO2)c2cc[nH]c21. The largest absolute Gasteiger partial charge is 0.371 e. The number of aromatic nitrogens is 1. The first-order chi connectivity index (χ1) is 12.3. The molecule has 1 amide bonds. The maximum absolute atomic E-state index is 12.1. The Balaban J connectivity index is 1.69. The number of amides is 1. The van der Waals surface area contributed by atoms with Crippen molar-refractivity contribution < 1.29 is 9.53 Å². The summed E-state index contributed by atoms with van der Waals surface area (Å²) in [5, 5.41) is 8.83. The molecule has 2 aliphatic rings. The molecule has 7 heteroatoms. The lowest BCUT2D eigenvalue weighted by Crippen LogP contribution is -2.41. The number of nitrogens with zero attached hydrogens (tertiary/aromatic N) is 1. The molecule has 3 N–H and O–H groups in total. The molecular formula is C18H18N4O2S. The molecule has 1 saturated heterocycles. The monoisotopic (exact) mass is 354 g/mol. The van der Waals surface area contributed by atoms with Crippen molar-refractivity contribution in [1.82, 2.24) is 15.6 Å². The van der Waals surface area contributed by atoms with Gasteiger partial charge in [-0.1, -0.05) is 24.3 Å². The van der Waals surface area contributed by atoms with Crippen LogP contribution in [0.1, 0.15) is 27.7 Å². The Bertz CT molecular complexity index is 850. The van der Waals surface area contributed by atoms with Crippen molar-refractivity contribution in [2.24, 2.45) is 0 Å². The third kappa shape index (κ3) is 2.99. The van der Waals surface area contributed by atoms with E-state index in [1.165, 1.54) is 0 Å². The van der Waals surface area contributed by atoms with Gasteiger partial charge in [-0.15, -0.1) is 0 Å². The van der Waals surface area contributed by atoms with Gasteiger partial charge in [0, 0.05) is 19.3 Å². The van der Waals surface area contributed by atoms with Crippen LogP contribution in [0, 0.1) is 0 Å². The van der Waals surface area contributed by atoms with Crippen LogP contribution in [0.25, 0.3) is 0 Å². The summed E-state index contributed by atoms with van der Waals surface area (Å²) in [4.78, 5) is 17.1. The summed E-state index contributed by atoms with van der Waals surface area (Å²) < 4.78 is 5.92. The molecule has 4 rings (SSSR count). The number of hydrogen-bond donors (Lipinski definition) is 3. The number of aromatic amines is 1. The van der Waals surface area contributed by atoms with Crippen LogP contribution >= 0.6 is 12.2 Å². The van der Waals surface area contributed by atoms with Crippen LogP contribution in [-0.4, -0.2) is 35.6 Å². The fourth-order valence-corrected chi connectivity index (χ4v) is 3.46. The lowest BCUT2D eigenvalue weighted by atomic mass is 10.0. The highest BCUT2D eigenvalue weighted by atomic mass is 32.1. The highest BCUT2D eigenvalue weighted by Gasteiger charge is 2.29. The van der Waals surface area contributed by atoms with E-state index in [-0.39, 0.29) is 12.0 Å². The van der Waals surface area contributed by atoms with E-state index in [1.54, 1.807) is 6.20 Å². The van der Waals surface area contributed by atoms with E-state index in [2.05, 4.69) is 32.8 Å². The summed E-state index contributed by atoms with van der Waals surface area (Å²) in [5.74, 6) is 0.293. The molecule has 1 aromatic carbocycles. The highest BCUT2D eigenvalue weighted by Crippen LogP contribution is 2.30. The second-order valence-electron chi connectivity index (χ2n) is 5.99. The van der Waals surface area contributed by atoms with E-state index >= 15 is 0 Å². The summed E-state index contributed by atoms with van der Waals surface area (Å²) in [5.41, 5.74) is 3.60. The quantitative estimate of drug-likeness (QED) is 0.734. The van der Waals surface area contributed by atoms with E-state index < -0.39 is 0 Å². The number of thiocarbonyl (C=S) groups is 1. The average molecular weight is 354 g/mol. The van der Waals surface area contributed by atoms with Crippen LogP contribution in [0.5, 0.6) is 0 Å². The van der Waals surface area contributed by atoms with Gasteiger partial charge in [-0.05, 0) is 34.4 Å². The van der Waals surface area contributed by atoms with E-state index in [4.69, 9.17) is 17.0 Å². The number of anilines is 1. The Kier molecular flexibility index (Phi) is 4.38. The lowest BCUT2D eigenvalue weighted by molar-refractivity contribution is 0.0271. The second kappa shape index (κ2) is 6.82. The van der Waals surface area contributed by atoms with Gasteiger partial charge in [0.15, 0.2) is 5.82 Å². The molecule has 2 aliphatic heterocycles. The van der Waals surface area contributed by atoms with Crippen LogP contribution in [0.4, 0.5) is 5.69 Å². The molecule has 0 spiro atoms. The van der Waals surface area contributed by atoms with E-state index in [0.717, 1.165) is 29.9 Å². The summed E-state index contributed by atoms with van der Waals surface area (Å²) in [7, 11) is 0. The summed E-state index contributed by atoms with van der Waals surface area (Å²) in [6.07, 6.45) is 1.78. The van der Waals surface area contributed by atoms with Gasteiger partial charge >= 0.3 is 0 Å². The molecule has 0 saturated carbocycles. The maximum atomic E-state index is 12.1. The van der Waals surface area contributed by atoms with Crippen LogP contribution < -0.4 is 15.5 Å². The zero-order chi connectivity index (χ0) is 17.2. The van der Waals surface area contributed by atoms with Gasteiger partial charge in [0.05, 0.1) is 24.9 Å². The fourth-order valence-electron chi connectivity index (χ4n) is 3.30. The normalized spacial score (nSPS) is 20.0. The van der Waals surface area contributed by atoms with Gasteiger partial charge in [0.25, 0.3) is 5.91 Å². The predicted octanol–water partition coefficient (Wildman–Crippen LogP) is 1.87. The Morgan fingerprint density at radius 3 is 3.00 bits per heavy atom. The van der Waals surface area contributed by atoms with E-state index in [0.29, 0.717) is 24.7 Å². The van der Waals surface area contributed by atoms with Crippen LogP contribution in [-0.2, 0) is 11.3 Å². The number of ether oxygens (including phenoxy) is 1. The maximum Gasteiger partial charge on any atom is 0.275 e. The van der Waals surface area contributed by atoms with Crippen molar-refractivity contribution in [3.05, 3.63) is 59.2 Å². The number of hydrogen-bond acceptors (Lipinski definition) is 5. The Labute approximate surface area is 150 Å². The number of H-pyrrole nitrogens is 1. The third-order valence-corrected chi connectivity index (χ3v) is 4.69. The minimum Gasteiger partial charge on any atom is -0.371 e. The molecule has 0 unspecified atom stereocenters. The van der Waals surface area contributed by atoms with Crippen LogP contribution in [0.3, 0.4) is 0 Å². The molecule has 1 atom stereocenters. The third-order valence-electron chi connectivity index (χ3n) is 4.50. The van der Waals surface area contributed by atoms with Gasteiger partial charge in [-0.2, -0.15) is 0 Å². The van der Waals surface area contributed by atoms with Gasteiger partial charge in [0.1, 0.15) is 5.69 Å². The molecule has 0 radical (unpaired) electrons. The first-order valence-electron chi connectivity index (χ1n) is 8.19. The Morgan fingerprint density at radius 2 is 2.20 bits per heavy atom. The van der Waals surface area contributed by atoms with Crippen LogP contribution in [0.15, 0.2) is 42.3 Å². The molecule has 3 heterocycles. The smallest absolute Gasteiger partial charge is 0.275 e. The second-order valence-corrected chi connectivity index (χ2v) is 6.20. The number of rotatable bonds is 3. The predicted molar refractivity (Wildman–Crippen MR) is 98.6 cm³/mol. The molecule has 6 nitrogen and oxygen atoms in total. The van der Waals surface area contributed by atoms with Crippen LogP contribution in [0.2, 0.25) is 0 Å². The van der Waals surface area contributed by atoms with Crippen molar-refractivity contribution in [1.29, 1.82) is 0 Å². The first kappa shape index (κ1) is 16.1. The number of fused-ring (bicyclic) bond motifs is 1. The average Bonchev–Trinajstić information content (AvgIpc) is 3.15. The molecular weight excluding hydrogens is 336 g/mol. The zero-order valence-corrected chi connectivity index (χ0v) is 14.4. The molecule has 1 fully saturated rings. The molecule has 25 heavy (non-hydrogen) atoms.